The fourth-order valence-electron chi connectivity index (χ4n) is 1.97. The van der Waals surface area contributed by atoms with Gasteiger partial charge in [-0.25, -0.2) is 4.39 Å². The Morgan fingerprint density at radius 2 is 2.06 bits per heavy atom. The maximum atomic E-state index is 13.0. The average molecular weight is 253 g/mol. The zero-order chi connectivity index (χ0) is 13.4. The summed E-state index contributed by atoms with van der Waals surface area (Å²) in [4.78, 5) is 2.22. The Kier molecular flexibility index (Phi) is 6.91. The molecule has 0 aliphatic carbocycles. The normalized spacial score (nSPS) is 12.9. The Balaban J connectivity index is 2.30. The third kappa shape index (κ3) is 5.61. The van der Waals surface area contributed by atoms with Gasteiger partial charge in [-0.1, -0.05) is 31.9 Å². The lowest BCUT2D eigenvalue weighted by molar-refractivity contribution is 0.148. The first-order valence-electron chi connectivity index (χ1n) is 6.75. The van der Waals surface area contributed by atoms with E-state index in [9.17, 15) is 9.50 Å². The Morgan fingerprint density at radius 1 is 1.28 bits per heavy atom. The van der Waals surface area contributed by atoms with Crippen molar-refractivity contribution < 1.29 is 9.50 Å². The summed E-state index contributed by atoms with van der Waals surface area (Å²) in [6.45, 7) is 4.08. The second-order valence-corrected chi connectivity index (χ2v) is 4.87. The van der Waals surface area contributed by atoms with E-state index in [0.717, 1.165) is 13.1 Å². The van der Waals surface area contributed by atoms with Crippen molar-refractivity contribution >= 4 is 0 Å². The van der Waals surface area contributed by atoms with Crippen LogP contribution in [-0.4, -0.2) is 30.1 Å². The molecular weight excluding hydrogens is 229 g/mol. The zero-order valence-electron chi connectivity index (χ0n) is 11.4. The number of aliphatic hydroxyl groups is 1. The van der Waals surface area contributed by atoms with Crippen molar-refractivity contribution in [3.8, 4) is 0 Å². The highest BCUT2D eigenvalue weighted by atomic mass is 19.1. The summed E-state index contributed by atoms with van der Waals surface area (Å²) in [5.41, 5.74) is 0.664. The van der Waals surface area contributed by atoms with Gasteiger partial charge in [-0.05, 0) is 44.1 Å². The summed E-state index contributed by atoms with van der Waals surface area (Å²) in [6.07, 6.45) is 3.74. The summed E-state index contributed by atoms with van der Waals surface area (Å²) in [5, 5.41) is 9.97. The Labute approximate surface area is 109 Å². The smallest absolute Gasteiger partial charge is 0.123 e. The van der Waals surface area contributed by atoms with E-state index in [0.29, 0.717) is 12.0 Å². The van der Waals surface area contributed by atoms with Gasteiger partial charge in [0, 0.05) is 6.54 Å². The molecular formula is C15H24FNO. The van der Waals surface area contributed by atoms with Gasteiger partial charge in [0.25, 0.3) is 0 Å². The van der Waals surface area contributed by atoms with Gasteiger partial charge in [-0.3, -0.25) is 0 Å². The molecule has 1 N–H and O–H groups in total. The van der Waals surface area contributed by atoms with Gasteiger partial charge in [0.2, 0.25) is 0 Å². The van der Waals surface area contributed by atoms with Crippen LogP contribution in [0.1, 0.15) is 44.3 Å². The first-order valence-corrected chi connectivity index (χ1v) is 6.75. The third-order valence-corrected chi connectivity index (χ3v) is 3.16. The van der Waals surface area contributed by atoms with Gasteiger partial charge in [0.1, 0.15) is 5.82 Å². The van der Waals surface area contributed by atoms with Gasteiger partial charge in [0.05, 0.1) is 6.10 Å². The molecule has 0 aliphatic heterocycles. The highest BCUT2D eigenvalue weighted by molar-refractivity contribution is 5.18. The van der Waals surface area contributed by atoms with Crippen LogP contribution in [-0.2, 0) is 0 Å². The van der Waals surface area contributed by atoms with Gasteiger partial charge in [-0.2, -0.15) is 0 Å². The van der Waals surface area contributed by atoms with Crippen LogP contribution in [0, 0.1) is 5.82 Å². The second kappa shape index (κ2) is 8.22. The molecule has 1 aromatic rings. The molecule has 0 fully saturated rings. The summed E-state index contributed by atoms with van der Waals surface area (Å²) < 4.78 is 13.0. The maximum absolute atomic E-state index is 13.0. The summed E-state index contributed by atoms with van der Waals surface area (Å²) >= 11 is 0. The fraction of sp³-hybridized carbons (Fsp3) is 0.600. The lowest BCUT2D eigenvalue weighted by atomic mass is 10.1. The molecule has 0 saturated heterocycles. The molecule has 0 amide bonds. The Hall–Kier alpha value is -0.930. The number of nitrogens with zero attached hydrogens (tertiary/aromatic N) is 1. The first kappa shape index (κ1) is 15.1. The van der Waals surface area contributed by atoms with Crippen LogP contribution in [0.3, 0.4) is 0 Å². The molecule has 0 saturated carbocycles. The molecule has 0 radical (unpaired) electrons. The molecule has 1 unspecified atom stereocenters. The first-order chi connectivity index (χ1) is 8.63. The summed E-state index contributed by atoms with van der Waals surface area (Å²) in [7, 11) is 2.06. The van der Waals surface area contributed by atoms with E-state index in [-0.39, 0.29) is 5.82 Å². The van der Waals surface area contributed by atoms with Crippen molar-refractivity contribution in [2.45, 2.75) is 38.7 Å². The molecule has 0 aliphatic rings. The lowest BCUT2D eigenvalue weighted by Crippen LogP contribution is -2.22. The predicted octanol–water partition coefficient (Wildman–Crippen LogP) is 3.37. The molecule has 18 heavy (non-hydrogen) atoms. The average Bonchev–Trinajstić information content (AvgIpc) is 2.36. The highest BCUT2D eigenvalue weighted by Gasteiger charge is 2.09. The fourth-order valence-corrected chi connectivity index (χ4v) is 1.97. The molecule has 0 aromatic heterocycles. The van der Waals surface area contributed by atoms with Gasteiger partial charge < -0.3 is 10.0 Å². The van der Waals surface area contributed by atoms with Crippen LogP contribution in [0.4, 0.5) is 4.39 Å². The van der Waals surface area contributed by atoms with Crippen LogP contribution in [0.5, 0.6) is 0 Å². The Bertz CT molecular complexity index is 343. The lowest BCUT2D eigenvalue weighted by Gasteiger charge is -2.18. The van der Waals surface area contributed by atoms with E-state index in [1.54, 1.807) is 12.1 Å². The van der Waals surface area contributed by atoms with Crippen molar-refractivity contribution in [1.29, 1.82) is 0 Å². The largest absolute Gasteiger partial charge is 0.388 e. The molecule has 1 atom stereocenters. The van der Waals surface area contributed by atoms with Crippen LogP contribution in [0.2, 0.25) is 0 Å². The standard InChI is InChI=1S/C15H24FNO/c1-3-4-5-10-17(2)11-9-15(18)13-7-6-8-14(16)12-13/h6-8,12,15,18H,3-5,9-11H2,1-2H3. The van der Waals surface area contributed by atoms with Gasteiger partial charge in [-0.15, -0.1) is 0 Å². The van der Waals surface area contributed by atoms with E-state index >= 15 is 0 Å². The number of benzene rings is 1. The van der Waals surface area contributed by atoms with E-state index in [4.69, 9.17) is 0 Å². The van der Waals surface area contributed by atoms with Crippen LogP contribution in [0.25, 0.3) is 0 Å². The summed E-state index contributed by atoms with van der Waals surface area (Å²) in [5.74, 6) is -0.289. The van der Waals surface area contributed by atoms with Crippen molar-refractivity contribution in [2.75, 3.05) is 20.1 Å². The highest BCUT2D eigenvalue weighted by Crippen LogP contribution is 2.17. The van der Waals surface area contributed by atoms with Gasteiger partial charge in [0.15, 0.2) is 0 Å². The van der Waals surface area contributed by atoms with Crippen LogP contribution in [0.15, 0.2) is 24.3 Å². The van der Waals surface area contributed by atoms with Crippen molar-refractivity contribution in [1.82, 2.24) is 4.90 Å². The number of aliphatic hydroxyl groups excluding tert-OH is 1. The molecule has 2 nitrogen and oxygen atoms in total. The third-order valence-electron chi connectivity index (χ3n) is 3.16. The quantitative estimate of drug-likeness (QED) is 0.718. The number of halogens is 1. The minimum Gasteiger partial charge on any atom is -0.388 e. The minimum absolute atomic E-state index is 0.289. The number of rotatable bonds is 8. The van der Waals surface area contributed by atoms with Crippen molar-refractivity contribution in [3.05, 3.63) is 35.6 Å². The number of hydrogen-bond donors (Lipinski definition) is 1. The topological polar surface area (TPSA) is 23.5 Å². The predicted molar refractivity (Wildman–Crippen MR) is 73.0 cm³/mol. The van der Waals surface area contributed by atoms with E-state index < -0.39 is 6.10 Å². The molecule has 0 bridgehead atoms. The van der Waals surface area contributed by atoms with E-state index in [2.05, 4.69) is 18.9 Å². The van der Waals surface area contributed by atoms with Crippen molar-refractivity contribution in [2.24, 2.45) is 0 Å². The molecule has 0 spiro atoms. The van der Waals surface area contributed by atoms with E-state index in [1.807, 2.05) is 0 Å². The molecule has 0 heterocycles. The SMILES string of the molecule is CCCCCN(C)CCC(O)c1cccc(F)c1. The monoisotopic (exact) mass is 253 g/mol. The number of unbranched alkanes of at least 4 members (excludes halogenated alkanes) is 2. The van der Waals surface area contributed by atoms with Crippen LogP contribution >= 0.6 is 0 Å². The Morgan fingerprint density at radius 3 is 2.72 bits per heavy atom. The molecule has 3 heteroatoms. The minimum atomic E-state index is -0.575. The second-order valence-electron chi connectivity index (χ2n) is 4.87. The molecule has 1 rings (SSSR count). The molecule has 102 valence electrons. The summed E-state index contributed by atoms with van der Waals surface area (Å²) in [6, 6.07) is 6.21. The molecule has 1 aromatic carbocycles. The van der Waals surface area contributed by atoms with Crippen molar-refractivity contribution in [3.63, 3.8) is 0 Å². The number of hydrogen-bond acceptors (Lipinski definition) is 2. The van der Waals surface area contributed by atoms with Crippen LogP contribution < -0.4 is 0 Å². The maximum Gasteiger partial charge on any atom is 0.123 e. The zero-order valence-corrected chi connectivity index (χ0v) is 11.4. The van der Waals surface area contributed by atoms with E-state index in [1.165, 1.54) is 31.4 Å². The van der Waals surface area contributed by atoms with Gasteiger partial charge >= 0.3 is 0 Å².